The van der Waals surface area contributed by atoms with E-state index in [4.69, 9.17) is 4.74 Å². The van der Waals surface area contributed by atoms with Crippen LogP contribution in [-0.2, 0) is 11.3 Å². The standard InChI is InChI=1S/C18H20FN3O4/c1-12(21(2)11-13-4-6-14(19)7-5-13)18(23)20-16-10-15(22(24)25)8-9-17(16)26-3/h4-10,12H,11H2,1-3H3,(H,20,23)/t12-/m1/s1. The first-order valence-electron chi connectivity index (χ1n) is 7.89. The van der Waals surface area contributed by atoms with Crippen molar-refractivity contribution in [2.45, 2.75) is 19.5 Å². The number of nitro benzene ring substituents is 1. The first-order valence-corrected chi connectivity index (χ1v) is 7.89. The number of benzene rings is 2. The minimum Gasteiger partial charge on any atom is -0.495 e. The monoisotopic (exact) mass is 361 g/mol. The summed E-state index contributed by atoms with van der Waals surface area (Å²) in [6.45, 7) is 2.16. The van der Waals surface area contributed by atoms with Gasteiger partial charge in [0, 0.05) is 18.7 Å². The largest absolute Gasteiger partial charge is 0.495 e. The van der Waals surface area contributed by atoms with Crippen molar-refractivity contribution in [2.75, 3.05) is 19.5 Å². The molecule has 0 radical (unpaired) electrons. The average Bonchev–Trinajstić information content (AvgIpc) is 2.62. The number of methoxy groups -OCH3 is 1. The van der Waals surface area contributed by atoms with E-state index in [1.807, 2.05) is 0 Å². The molecule has 26 heavy (non-hydrogen) atoms. The van der Waals surface area contributed by atoms with Crippen molar-refractivity contribution in [3.05, 3.63) is 64.0 Å². The van der Waals surface area contributed by atoms with E-state index in [-0.39, 0.29) is 23.1 Å². The van der Waals surface area contributed by atoms with Crippen LogP contribution >= 0.6 is 0 Å². The van der Waals surface area contributed by atoms with Crippen molar-refractivity contribution in [1.29, 1.82) is 0 Å². The highest BCUT2D eigenvalue weighted by atomic mass is 19.1. The topological polar surface area (TPSA) is 84.7 Å². The minimum absolute atomic E-state index is 0.145. The molecule has 2 aromatic carbocycles. The molecule has 0 fully saturated rings. The van der Waals surface area contributed by atoms with Crippen LogP contribution in [-0.4, -0.2) is 35.9 Å². The molecule has 0 spiro atoms. The van der Waals surface area contributed by atoms with Crippen LogP contribution in [0.25, 0.3) is 0 Å². The Morgan fingerprint density at radius 1 is 1.31 bits per heavy atom. The van der Waals surface area contributed by atoms with Gasteiger partial charge in [0.25, 0.3) is 5.69 Å². The SMILES string of the molecule is COc1ccc([N+](=O)[O-])cc1NC(=O)[C@@H](C)N(C)Cc1ccc(F)cc1. The first-order chi connectivity index (χ1) is 12.3. The molecule has 0 aliphatic heterocycles. The molecule has 0 bridgehead atoms. The van der Waals surface area contributed by atoms with E-state index in [0.717, 1.165) is 5.56 Å². The molecule has 0 heterocycles. The van der Waals surface area contributed by atoms with Gasteiger partial charge in [-0.05, 0) is 37.7 Å². The molecule has 8 heteroatoms. The number of nitrogens with zero attached hydrogens (tertiary/aromatic N) is 2. The predicted molar refractivity (Wildman–Crippen MR) is 95.6 cm³/mol. The molecule has 0 unspecified atom stereocenters. The third kappa shape index (κ3) is 4.76. The Bertz CT molecular complexity index is 796. The van der Waals surface area contributed by atoms with E-state index in [1.54, 1.807) is 31.0 Å². The molecule has 0 saturated carbocycles. The summed E-state index contributed by atoms with van der Waals surface area (Å²) >= 11 is 0. The summed E-state index contributed by atoms with van der Waals surface area (Å²) in [5.41, 5.74) is 0.948. The zero-order valence-electron chi connectivity index (χ0n) is 14.7. The summed E-state index contributed by atoms with van der Waals surface area (Å²) in [5.74, 6) is -0.328. The molecule has 138 valence electrons. The number of nitro groups is 1. The smallest absolute Gasteiger partial charge is 0.271 e. The summed E-state index contributed by atoms with van der Waals surface area (Å²) in [6.07, 6.45) is 0. The number of ether oxygens (including phenoxy) is 1. The van der Waals surface area contributed by atoms with Gasteiger partial charge in [0.1, 0.15) is 11.6 Å². The fourth-order valence-electron chi connectivity index (χ4n) is 2.36. The zero-order chi connectivity index (χ0) is 19.3. The number of nitrogens with one attached hydrogen (secondary N) is 1. The molecule has 0 aliphatic carbocycles. The molecule has 0 saturated heterocycles. The van der Waals surface area contributed by atoms with Crippen molar-refractivity contribution in [3.63, 3.8) is 0 Å². The van der Waals surface area contributed by atoms with Gasteiger partial charge in [-0.3, -0.25) is 19.8 Å². The van der Waals surface area contributed by atoms with Gasteiger partial charge in [-0.1, -0.05) is 12.1 Å². The van der Waals surface area contributed by atoms with E-state index >= 15 is 0 Å². The zero-order valence-corrected chi connectivity index (χ0v) is 14.7. The van der Waals surface area contributed by atoms with Crippen molar-refractivity contribution < 1.29 is 18.8 Å². The lowest BCUT2D eigenvalue weighted by atomic mass is 10.1. The van der Waals surface area contributed by atoms with Crippen LogP contribution in [0.1, 0.15) is 12.5 Å². The Hall–Kier alpha value is -3.00. The van der Waals surface area contributed by atoms with Gasteiger partial charge in [-0.2, -0.15) is 0 Å². The normalized spacial score (nSPS) is 11.9. The third-order valence-corrected chi connectivity index (χ3v) is 4.04. The maximum absolute atomic E-state index is 13.0. The van der Waals surface area contributed by atoms with Gasteiger partial charge >= 0.3 is 0 Å². The maximum Gasteiger partial charge on any atom is 0.271 e. The highest BCUT2D eigenvalue weighted by Crippen LogP contribution is 2.29. The second-order valence-corrected chi connectivity index (χ2v) is 5.85. The lowest BCUT2D eigenvalue weighted by molar-refractivity contribution is -0.384. The first kappa shape index (κ1) is 19.3. The van der Waals surface area contributed by atoms with Crippen LogP contribution in [0.5, 0.6) is 5.75 Å². The molecule has 0 aliphatic rings. The maximum atomic E-state index is 13.0. The van der Waals surface area contributed by atoms with Crippen LogP contribution in [0.3, 0.4) is 0 Å². The molecule has 1 amide bonds. The van der Waals surface area contributed by atoms with Gasteiger partial charge in [-0.25, -0.2) is 4.39 Å². The minimum atomic E-state index is -0.542. The fourth-order valence-corrected chi connectivity index (χ4v) is 2.36. The molecule has 1 atom stereocenters. The number of carbonyl (C=O) groups excluding carboxylic acids is 1. The number of likely N-dealkylation sites (N-methyl/N-ethyl adjacent to an activating group) is 1. The number of anilines is 1. The quantitative estimate of drug-likeness (QED) is 0.605. The Balaban J connectivity index is 2.09. The highest BCUT2D eigenvalue weighted by Gasteiger charge is 2.21. The molecule has 7 nitrogen and oxygen atoms in total. The number of hydrogen-bond acceptors (Lipinski definition) is 5. The van der Waals surface area contributed by atoms with Gasteiger partial charge in [-0.15, -0.1) is 0 Å². The van der Waals surface area contributed by atoms with E-state index in [2.05, 4.69) is 5.32 Å². The summed E-state index contributed by atoms with van der Waals surface area (Å²) in [7, 11) is 3.18. The molecule has 2 rings (SSSR count). The lowest BCUT2D eigenvalue weighted by Crippen LogP contribution is -2.39. The number of hydrogen-bond donors (Lipinski definition) is 1. The van der Waals surface area contributed by atoms with Gasteiger partial charge in [0.05, 0.1) is 23.8 Å². The van der Waals surface area contributed by atoms with Crippen LogP contribution in [0.2, 0.25) is 0 Å². The Morgan fingerprint density at radius 2 is 1.96 bits per heavy atom. The fraction of sp³-hybridized carbons (Fsp3) is 0.278. The van der Waals surface area contributed by atoms with E-state index < -0.39 is 11.0 Å². The van der Waals surface area contributed by atoms with Crippen LogP contribution in [0, 0.1) is 15.9 Å². The summed E-state index contributed by atoms with van der Waals surface area (Å²) in [6, 6.07) is 9.50. The Morgan fingerprint density at radius 3 is 2.54 bits per heavy atom. The van der Waals surface area contributed by atoms with Crippen LogP contribution < -0.4 is 10.1 Å². The number of carbonyl (C=O) groups is 1. The summed E-state index contributed by atoms with van der Waals surface area (Å²) < 4.78 is 18.1. The van der Waals surface area contributed by atoms with Crippen LogP contribution in [0.4, 0.5) is 15.8 Å². The molecular formula is C18H20FN3O4. The van der Waals surface area contributed by atoms with Crippen molar-refractivity contribution in [1.82, 2.24) is 4.90 Å². The summed E-state index contributed by atoms with van der Waals surface area (Å²) in [4.78, 5) is 24.7. The van der Waals surface area contributed by atoms with E-state index in [1.165, 1.54) is 37.4 Å². The van der Waals surface area contributed by atoms with Gasteiger partial charge < -0.3 is 10.1 Å². The number of non-ortho nitro benzene ring substituents is 1. The number of rotatable bonds is 7. The second-order valence-electron chi connectivity index (χ2n) is 5.85. The molecule has 2 aromatic rings. The van der Waals surface area contributed by atoms with Crippen molar-refractivity contribution in [3.8, 4) is 5.75 Å². The molecular weight excluding hydrogens is 341 g/mol. The van der Waals surface area contributed by atoms with Crippen molar-refractivity contribution in [2.24, 2.45) is 0 Å². The lowest BCUT2D eigenvalue weighted by Gasteiger charge is -2.24. The Kier molecular flexibility index (Phi) is 6.24. The average molecular weight is 361 g/mol. The second kappa shape index (κ2) is 8.39. The van der Waals surface area contributed by atoms with Crippen LogP contribution in [0.15, 0.2) is 42.5 Å². The number of amides is 1. The van der Waals surface area contributed by atoms with E-state index in [0.29, 0.717) is 12.3 Å². The number of halogens is 1. The predicted octanol–water partition coefficient (Wildman–Crippen LogP) is 3.20. The summed E-state index contributed by atoms with van der Waals surface area (Å²) in [5, 5.41) is 13.6. The Labute approximate surface area is 150 Å². The van der Waals surface area contributed by atoms with Crippen molar-refractivity contribution >= 4 is 17.3 Å². The third-order valence-electron chi connectivity index (χ3n) is 4.04. The van der Waals surface area contributed by atoms with E-state index in [9.17, 15) is 19.3 Å². The van der Waals surface area contributed by atoms with Gasteiger partial charge in [0.15, 0.2) is 0 Å². The van der Waals surface area contributed by atoms with Gasteiger partial charge in [0.2, 0.25) is 5.91 Å². The molecule has 0 aromatic heterocycles. The molecule has 1 N–H and O–H groups in total. The highest BCUT2D eigenvalue weighted by molar-refractivity contribution is 5.96.